The van der Waals surface area contributed by atoms with Crippen LogP contribution in [0.25, 0.3) is 64.6 Å². The topological polar surface area (TPSA) is 36.9 Å². The Bertz CT molecular complexity index is 2500. The summed E-state index contributed by atoms with van der Waals surface area (Å²) in [6, 6.07) is 18.7. The monoisotopic (exact) mass is 682 g/mol. The van der Waals surface area contributed by atoms with Crippen LogP contribution in [0, 0.1) is 0 Å². The molecule has 0 spiro atoms. The number of fused-ring (bicyclic) bond motifs is 2. The van der Waals surface area contributed by atoms with Gasteiger partial charge >= 0.3 is 14.2 Å². The van der Waals surface area contributed by atoms with E-state index in [1.54, 1.807) is 0 Å². The van der Waals surface area contributed by atoms with Crippen LogP contribution in [0.5, 0.6) is 23.0 Å². The Kier molecular flexibility index (Phi) is 5.34. The van der Waals surface area contributed by atoms with Gasteiger partial charge in [0.2, 0.25) is 0 Å². The number of benzene rings is 7. The minimum absolute atomic E-state index is 0.0863. The Morgan fingerprint density at radius 2 is 0.519 bits per heavy atom. The molecule has 4 aliphatic rings. The van der Waals surface area contributed by atoms with Gasteiger partial charge in [-0.15, -0.1) is 0 Å². The molecule has 4 nitrogen and oxygen atoms in total. The van der Waals surface area contributed by atoms with Gasteiger partial charge < -0.3 is 18.6 Å². The van der Waals surface area contributed by atoms with Gasteiger partial charge in [-0.1, -0.05) is 83.1 Å². The van der Waals surface area contributed by atoms with Crippen LogP contribution in [0.1, 0.15) is 105 Å². The van der Waals surface area contributed by atoms with Crippen LogP contribution in [0.3, 0.4) is 0 Å². The van der Waals surface area contributed by atoms with Crippen molar-refractivity contribution in [3.63, 3.8) is 0 Å². The number of hydrogen-bond donors (Lipinski definition) is 0. The molecular weight excluding hydrogens is 638 g/mol. The van der Waals surface area contributed by atoms with Crippen molar-refractivity contribution in [1.29, 1.82) is 0 Å². The summed E-state index contributed by atoms with van der Waals surface area (Å²) < 4.78 is 28.6. The van der Waals surface area contributed by atoms with E-state index in [4.69, 9.17) is 18.6 Å². The lowest BCUT2D eigenvalue weighted by atomic mass is 9.59. The van der Waals surface area contributed by atoms with E-state index in [9.17, 15) is 0 Å². The molecular formula is C46H44B2O4. The summed E-state index contributed by atoms with van der Waals surface area (Å²) in [5.41, 5.74) is 6.88. The summed E-state index contributed by atoms with van der Waals surface area (Å²) in [6.45, 7) is 27.4. The largest absolute Gasteiger partial charge is 0.634 e. The van der Waals surface area contributed by atoms with Crippen LogP contribution in [0.15, 0.2) is 48.5 Å². The van der Waals surface area contributed by atoms with Gasteiger partial charge in [0, 0.05) is 32.5 Å². The molecule has 0 aliphatic carbocycles. The fourth-order valence-corrected chi connectivity index (χ4v) is 9.49. The molecule has 0 aromatic heterocycles. The first kappa shape index (κ1) is 31.0. The fraction of sp³-hybridized carbons (Fsp3) is 0.348. The maximum Gasteiger partial charge on any atom is 0.634 e. The molecule has 52 heavy (non-hydrogen) atoms. The van der Waals surface area contributed by atoms with Gasteiger partial charge in [-0.2, -0.15) is 0 Å². The van der Waals surface area contributed by atoms with E-state index in [1.165, 1.54) is 65.3 Å². The summed E-state index contributed by atoms with van der Waals surface area (Å²) in [4.78, 5) is 0. The molecule has 0 saturated heterocycles. The van der Waals surface area contributed by atoms with Gasteiger partial charge in [0.05, 0.1) is 0 Å². The normalized spacial score (nSPS) is 15.8. The summed E-state index contributed by atoms with van der Waals surface area (Å²) in [5, 5.41) is 14.4. The van der Waals surface area contributed by atoms with Crippen LogP contribution < -0.4 is 29.5 Å². The summed E-state index contributed by atoms with van der Waals surface area (Å²) in [5.74, 6) is 3.55. The van der Waals surface area contributed by atoms with Crippen molar-refractivity contribution in [2.75, 3.05) is 0 Å². The molecule has 0 amide bonds. The second kappa shape index (κ2) is 8.96. The minimum atomic E-state index is -0.584. The van der Waals surface area contributed by atoms with Gasteiger partial charge in [0.15, 0.2) is 0 Å². The van der Waals surface area contributed by atoms with E-state index < -0.39 is 14.2 Å². The average Bonchev–Trinajstić information content (AvgIpc) is 3.04. The zero-order chi connectivity index (χ0) is 36.3. The smallest absolute Gasteiger partial charge is 0.521 e. The molecule has 0 fully saturated rings. The van der Waals surface area contributed by atoms with Crippen LogP contribution >= 0.6 is 0 Å². The van der Waals surface area contributed by atoms with Crippen molar-refractivity contribution < 1.29 is 18.6 Å². The molecule has 11 rings (SSSR count). The van der Waals surface area contributed by atoms with Crippen LogP contribution in [-0.2, 0) is 21.7 Å². The zero-order valence-electron chi connectivity index (χ0n) is 32.4. The Morgan fingerprint density at radius 1 is 0.308 bits per heavy atom. The first-order chi connectivity index (χ1) is 24.3. The van der Waals surface area contributed by atoms with Gasteiger partial charge in [0.25, 0.3) is 0 Å². The highest BCUT2D eigenvalue weighted by Crippen LogP contribution is 2.55. The van der Waals surface area contributed by atoms with Gasteiger partial charge in [0.1, 0.15) is 23.0 Å². The highest BCUT2D eigenvalue weighted by molar-refractivity contribution is 6.80. The highest BCUT2D eigenvalue weighted by atomic mass is 16.6. The van der Waals surface area contributed by atoms with Gasteiger partial charge in [-0.05, 0) is 136 Å². The molecule has 0 atom stereocenters. The van der Waals surface area contributed by atoms with E-state index in [0.717, 1.165) is 55.5 Å². The molecule has 7 aromatic rings. The van der Waals surface area contributed by atoms with E-state index in [2.05, 4.69) is 132 Å². The third-order valence-electron chi connectivity index (χ3n) is 12.4. The molecule has 6 heteroatoms. The number of rotatable bonds is 0. The fourth-order valence-electron chi connectivity index (χ4n) is 9.49. The summed E-state index contributed by atoms with van der Waals surface area (Å²) >= 11 is 0. The van der Waals surface area contributed by atoms with Crippen molar-refractivity contribution in [3.05, 3.63) is 70.8 Å². The molecule has 0 unspecified atom stereocenters. The van der Waals surface area contributed by atoms with E-state index in [1.807, 2.05) is 0 Å². The third kappa shape index (κ3) is 3.71. The van der Waals surface area contributed by atoms with Crippen LogP contribution in [-0.4, -0.2) is 14.2 Å². The molecule has 0 radical (unpaired) electrons. The Balaban J connectivity index is 1.47. The Morgan fingerprint density at radius 3 is 0.712 bits per heavy atom. The van der Waals surface area contributed by atoms with Crippen molar-refractivity contribution in [3.8, 4) is 23.0 Å². The molecule has 7 aromatic carbocycles. The Hall–Kier alpha value is -4.57. The lowest BCUT2D eigenvalue weighted by molar-refractivity contribution is 0.438. The van der Waals surface area contributed by atoms with Crippen LogP contribution in [0.4, 0.5) is 0 Å². The zero-order valence-corrected chi connectivity index (χ0v) is 32.4. The third-order valence-corrected chi connectivity index (χ3v) is 12.4. The summed E-state index contributed by atoms with van der Waals surface area (Å²) in [7, 11) is -1.17. The van der Waals surface area contributed by atoms with E-state index in [0.29, 0.717) is 0 Å². The van der Waals surface area contributed by atoms with Crippen molar-refractivity contribution >= 4 is 89.8 Å². The SMILES string of the molecule is CC(C)(C)c1cc2c3c(c1)c1cc(C(C)(C)C)cc4c1c1c5c6c7c(cc(C(C)(C)C)cc7c7cc(C(C)(C)C)cc8c7c6c(c31)B(O2)O8)OB5O4. The molecule has 4 heterocycles. The predicted molar refractivity (Wildman–Crippen MR) is 220 cm³/mol. The second-order valence-corrected chi connectivity index (χ2v) is 20.1. The predicted octanol–water partition coefficient (Wildman–Crippen LogP) is 10.8. The van der Waals surface area contributed by atoms with Gasteiger partial charge in [-0.25, -0.2) is 0 Å². The Labute approximate surface area is 306 Å². The maximum absolute atomic E-state index is 7.16. The van der Waals surface area contributed by atoms with Crippen LogP contribution in [0.2, 0.25) is 0 Å². The summed E-state index contributed by atoms with van der Waals surface area (Å²) in [6.07, 6.45) is 0. The quantitative estimate of drug-likeness (QED) is 0.0907. The second-order valence-electron chi connectivity index (χ2n) is 20.1. The highest BCUT2D eigenvalue weighted by Gasteiger charge is 2.49. The first-order valence-corrected chi connectivity index (χ1v) is 19.0. The lowest BCUT2D eigenvalue weighted by Crippen LogP contribution is -2.52. The van der Waals surface area contributed by atoms with E-state index >= 15 is 0 Å². The maximum atomic E-state index is 7.16. The standard InChI is InChI=1S/C46H44B2O4/c1-43(2,3)21-13-25-26-14-22(44(4,5)6)18-30-34(26)38-37-33(25)29(17-21)49-47-41(37)39-35-27(15-23(45(7,8)9)19-31(35)50-47)28-16-24(46(10,11)12)20-32-36(28)40(39)42(38)48(51-30)52-32/h13-20H,1-12H3. The van der Waals surface area contributed by atoms with Gasteiger partial charge in [-0.3, -0.25) is 0 Å². The van der Waals surface area contributed by atoms with Crippen molar-refractivity contribution in [1.82, 2.24) is 0 Å². The average molecular weight is 682 g/mol. The van der Waals surface area contributed by atoms with Crippen molar-refractivity contribution in [2.24, 2.45) is 0 Å². The van der Waals surface area contributed by atoms with Crippen molar-refractivity contribution in [2.45, 2.75) is 105 Å². The lowest BCUT2D eigenvalue weighted by Gasteiger charge is -2.38. The molecule has 0 bridgehead atoms. The molecule has 258 valence electrons. The van der Waals surface area contributed by atoms with E-state index in [-0.39, 0.29) is 21.7 Å². The first-order valence-electron chi connectivity index (χ1n) is 19.0. The minimum Gasteiger partial charge on any atom is -0.521 e. The number of hydrogen-bond acceptors (Lipinski definition) is 4. The molecule has 0 saturated carbocycles. The molecule has 0 N–H and O–H groups in total. The molecule has 4 aliphatic heterocycles.